The van der Waals surface area contributed by atoms with Crippen LogP contribution in [0.1, 0.15) is 24.4 Å². The third-order valence-corrected chi connectivity index (χ3v) is 4.13. The molecule has 3 N–H and O–H groups in total. The second kappa shape index (κ2) is 6.89. The summed E-state index contributed by atoms with van der Waals surface area (Å²) in [7, 11) is 0. The maximum absolute atomic E-state index is 12.1. The molecule has 0 saturated carbocycles. The maximum atomic E-state index is 12.1. The fourth-order valence-electron chi connectivity index (χ4n) is 2.95. The van der Waals surface area contributed by atoms with Crippen LogP contribution in [0.25, 0.3) is 0 Å². The average Bonchev–Trinajstić information content (AvgIpc) is 3.09. The third-order valence-electron chi connectivity index (χ3n) is 4.13. The van der Waals surface area contributed by atoms with Crippen LogP contribution < -0.4 is 16.0 Å². The summed E-state index contributed by atoms with van der Waals surface area (Å²) in [6.45, 7) is 1.31. The zero-order chi connectivity index (χ0) is 15.4. The Morgan fingerprint density at radius 3 is 2.86 bits per heavy atom. The number of rotatable bonds is 4. The van der Waals surface area contributed by atoms with Crippen molar-refractivity contribution in [1.29, 1.82) is 0 Å². The highest BCUT2D eigenvalue weighted by Crippen LogP contribution is 2.22. The zero-order valence-corrected chi connectivity index (χ0v) is 12.4. The fraction of sp³-hybridized carbons (Fsp3) is 0.500. The monoisotopic (exact) mass is 303 g/mol. The van der Waals surface area contributed by atoms with Gasteiger partial charge in [0.15, 0.2) is 0 Å². The number of nitrogens with one attached hydrogen (secondary N) is 3. The molecule has 0 radical (unpaired) electrons. The van der Waals surface area contributed by atoms with Gasteiger partial charge in [-0.1, -0.05) is 30.3 Å². The predicted octanol–water partition coefficient (Wildman–Crippen LogP) is 0.111. The van der Waals surface area contributed by atoms with Crippen molar-refractivity contribution in [3.05, 3.63) is 35.9 Å². The first-order valence-corrected chi connectivity index (χ1v) is 7.71. The summed E-state index contributed by atoms with van der Waals surface area (Å²) in [4.78, 5) is 23.7. The minimum absolute atomic E-state index is 0.00446. The van der Waals surface area contributed by atoms with E-state index in [0.29, 0.717) is 6.54 Å². The van der Waals surface area contributed by atoms with Crippen molar-refractivity contribution < 1.29 is 14.3 Å². The first-order valence-electron chi connectivity index (χ1n) is 7.71. The number of benzene rings is 1. The van der Waals surface area contributed by atoms with Gasteiger partial charge in [0.05, 0.1) is 18.2 Å². The molecule has 6 nitrogen and oxygen atoms in total. The molecule has 0 unspecified atom stereocenters. The molecule has 2 heterocycles. The minimum Gasteiger partial charge on any atom is -0.364 e. The van der Waals surface area contributed by atoms with E-state index >= 15 is 0 Å². The minimum atomic E-state index is -0.259. The third kappa shape index (κ3) is 3.45. The number of carbonyl (C=O) groups excluding carboxylic acids is 2. The van der Waals surface area contributed by atoms with E-state index in [9.17, 15) is 9.59 Å². The van der Waals surface area contributed by atoms with E-state index in [2.05, 4.69) is 16.0 Å². The molecule has 3 atom stereocenters. The summed E-state index contributed by atoms with van der Waals surface area (Å²) in [5, 5.41) is 9.05. The van der Waals surface area contributed by atoms with Crippen LogP contribution in [0.15, 0.2) is 30.3 Å². The molecule has 1 aromatic rings. The highest BCUT2D eigenvalue weighted by Gasteiger charge is 2.31. The van der Waals surface area contributed by atoms with Gasteiger partial charge in [-0.2, -0.15) is 0 Å². The SMILES string of the molecule is O=C1CO[C@@H](CNC(=O)[C@@H]2CCCN2)[C@@H](c2ccccc2)N1. The van der Waals surface area contributed by atoms with Gasteiger partial charge in [0.25, 0.3) is 0 Å². The number of morpholine rings is 1. The topological polar surface area (TPSA) is 79.5 Å². The van der Waals surface area contributed by atoms with Gasteiger partial charge >= 0.3 is 0 Å². The van der Waals surface area contributed by atoms with Crippen molar-refractivity contribution in [3.63, 3.8) is 0 Å². The van der Waals surface area contributed by atoms with Crippen LogP contribution in [-0.4, -0.2) is 43.7 Å². The van der Waals surface area contributed by atoms with Gasteiger partial charge in [0, 0.05) is 6.54 Å². The van der Waals surface area contributed by atoms with Crippen molar-refractivity contribution >= 4 is 11.8 Å². The zero-order valence-electron chi connectivity index (χ0n) is 12.4. The quantitative estimate of drug-likeness (QED) is 0.738. The van der Waals surface area contributed by atoms with Gasteiger partial charge in [-0.3, -0.25) is 9.59 Å². The molecule has 2 aliphatic heterocycles. The lowest BCUT2D eigenvalue weighted by molar-refractivity contribution is -0.137. The summed E-state index contributed by atoms with van der Waals surface area (Å²) in [6.07, 6.45) is 1.64. The molecule has 0 spiro atoms. The van der Waals surface area contributed by atoms with Gasteiger partial charge in [-0.25, -0.2) is 0 Å². The van der Waals surface area contributed by atoms with E-state index in [4.69, 9.17) is 4.74 Å². The highest BCUT2D eigenvalue weighted by atomic mass is 16.5. The van der Waals surface area contributed by atoms with Crippen molar-refractivity contribution in [2.45, 2.75) is 31.0 Å². The molecule has 2 saturated heterocycles. The molecule has 2 amide bonds. The number of hydrogen-bond acceptors (Lipinski definition) is 4. The van der Waals surface area contributed by atoms with Crippen LogP contribution in [0.5, 0.6) is 0 Å². The second-order valence-corrected chi connectivity index (χ2v) is 5.70. The summed E-state index contributed by atoms with van der Waals surface area (Å²) in [6, 6.07) is 9.34. The number of hydrogen-bond donors (Lipinski definition) is 3. The normalized spacial score (nSPS) is 28.2. The smallest absolute Gasteiger partial charge is 0.246 e. The number of carbonyl (C=O) groups is 2. The summed E-state index contributed by atoms with van der Waals surface area (Å²) >= 11 is 0. The second-order valence-electron chi connectivity index (χ2n) is 5.70. The van der Waals surface area contributed by atoms with E-state index in [1.165, 1.54) is 0 Å². The van der Waals surface area contributed by atoms with Crippen molar-refractivity contribution in [1.82, 2.24) is 16.0 Å². The molecule has 118 valence electrons. The molecular weight excluding hydrogens is 282 g/mol. The molecule has 0 aromatic heterocycles. The molecule has 2 aliphatic rings. The molecule has 2 fully saturated rings. The highest BCUT2D eigenvalue weighted by molar-refractivity contribution is 5.82. The van der Waals surface area contributed by atoms with Crippen molar-refractivity contribution in [3.8, 4) is 0 Å². The Labute approximate surface area is 129 Å². The van der Waals surface area contributed by atoms with Crippen LogP contribution in [-0.2, 0) is 14.3 Å². The van der Waals surface area contributed by atoms with Crippen molar-refractivity contribution in [2.75, 3.05) is 19.7 Å². The fourth-order valence-corrected chi connectivity index (χ4v) is 2.95. The number of ether oxygens (including phenoxy) is 1. The molecular formula is C16H21N3O3. The van der Waals surface area contributed by atoms with E-state index in [0.717, 1.165) is 24.9 Å². The lowest BCUT2D eigenvalue weighted by Crippen LogP contribution is -2.52. The van der Waals surface area contributed by atoms with Gasteiger partial charge in [0.1, 0.15) is 6.61 Å². The Kier molecular flexibility index (Phi) is 4.70. The summed E-state index contributed by atoms with van der Waals surface area (Å²) < 4.78 is 5.62. The van der Waals surface area contributed by atoms with Gasteiger partial charge < -0.3 is 20.7 Å². The lowest BCUT2D eigenvalue weighted by atomic mass is 9.99. The Balaban J connectivity index is 1.62. The van der Waals surface area contributed by atoms with Gasteiger partial charge in [-0.15, -0.1) is 0 Å². The number of amides is 2. The van der Waals surface area contributed by atoms with E-state index in [1.54, 1.807) is 0 Å². The van der Waals surface area contributed by atoms with Gasteiger partial charge in [0.2, 0.25) is 11.8 Å². The Morgan fingerprint density at radius 2 is 2.14 bits per heavy atom. The van der Waals surface area contributed by atoms with Crippen molar-refractivity contribution in [2.24, 2.45) is 0 Å². The summed E-state index contributed by atoms with van der Waals surface area (Å²) in [5.41, 5.74) is 0.980. The van der Waals surface area contributed by atoms with Crippen LogP contribution in [0.3, 0.4) is 0 Å². The first kappa shape index (κ1) is 15.0. The Bertz CT molecular complexity index is 529. The van der Waals surface area contributed by atoms with E-state index in [-0.39, 0.29) is 36.6 Å². The van der Waals surface area contributed by atoms with E-state index < -0.39 is 0 Å². The largest absolute Gasteiger partial charge is 0.364 e. The Hall–Kier alpha value is -1.92. The molecule has 22 heavy (non-hydrogen) atoms. The molecule has 1 aromatic carbocycles. The first-order chi connectivity index (χ1) is 10.7. The van der Waals surface area contributed by atoms with Crippen LogP contribution in [0.2, 0.25) is 0 Å². The standard InChI is InChI=1S/C16H21N3O3/c20-14-10-22-13(9-18-16(21)12-7-4-8-17-12)15(19-14)11-5-2-1-3-6-11/h1-3,5-6,12-13,15,17H,4,7-10H2,(H,18,21)(H,19,20)/t12-,13-,15+/m0/s1. The maximum Gasteiger partial charge on any atom is 0.246 e. The van der Waals surface area contributed by atoms with E-state index in [1.807, 2.05) is 30.3 Å². The van der Waals surface area contributed by atoms with Gasteiger partial charge in [-0.05, 0) is 24.9 Å². The lowest BCUT2D eigenvalue weighted by Gasteiger charge is -2.33. The predicted molar refractivity (Wildman–Crippen MR) is 81.1 cm³/mol. The van der Waals surface area contributed by atoms with Crippen LogP contribution >= 0.6 is 0 Å². The summed E-state index contributed by atoms with van der Waals surface area (Å²) in [5.74, 6) is -0.126. The molecule has 0 aliphatic carbocycles. The Morgan fingerprint density at radius 1 is 1.32 bits per heavy atom. The van der Waals surface area contributed by atoms with Crippen LogP contribution in [0.4, 0.5) is 0 Å². The molecule has 3 rings (SSSR count). The molecule has 0 bridgehead atoms. The van der Waals surface area contributed by atoms with Crippen LogP contribution in [0, 0.1) is 0 Å². The molecule has 6 heteroatoms. The average molecular weight is 303 g/mol.